The Morgan fingerprint density at radius 1 is 1.62 bits per heavy atom. The number of halogens is 1. The lowest BCUT2D eigenvalue weighted by atomic mass is 10.2. The van der Waals surface area contributed by atoms with Crippen molar-refractivity contribution in [3.05, 3.63) is 22.2 Å². The molecule has 1 aromatic heterocycles. The summed E-state index contributed by atoms with van der Waals surface area (Å²) in [6, 6.07) is 0. The van der Waals surface area contributed by atoms with Gasteiger partial charge in [-0.25, -0.2) is 4.57 Å². The van der Waals surface area contributed by atoms with Crippen molar-refractivity contribution in [2.45, 2.75) is 13.5 Å². The smallest absolute Gasteiger partial charge is 0.297 e. The molecule has 2 rings (SSSR count). The van der Waals surface area contributed by atoms with Crippen LogP contribution in [0.2, 0.25) is 5.15 Å². The van der Waals surface area contributed by atoms with Crippen LogP contribution in [0.1, 0.15) is 21.9 Å². The van der Waals surface area contributed by atoms with Crippen LogP contribution < -0.4 is 9.88 Å². The van der Waals surface area contributed by atoms with E-state index in [2.05, 4.69) is 10.3 Å². The highest BCUT2D eigenvalue weighted by atomic mass is 35.5. The largest absolute Gasteiger partial charge is 0.344 e. The second-order valence-electron chi connectivity index (χ2n) is 3.02. The van der Waals surface area contributed by atoms with Crippen LogP contribution in [0.25, 0.3) is 0 Å². The van der Waals surface area contributed by atoms with Crippen LogP contribution >= 0.6 is 11.6 Å². The molecule has 0 bridgehead atoms. The quantitative estimate of drug-likeness (QED) is 0.475. The van der Waals surface area contributed by atoms with E-state index in [1.165, 1.54) is 0 Å². The normalized spacial score (nSPS) is 14.2. The van der Waals surface area contributed by atoms with Gasteiger partial charge < -0.3 is 5.32 Å². The summed E-state index contributed by atoms with van der Waals surface area (Å²) in [4.78, 5) is 15.5. The van der Waals surface area contributed by atoms with Crippen LogP contribution in [-0.2, 0) is 13.6 Å². The number of nitrogens with zero attached hydrogens (tertiary/aromatic N) is 2. The van der Waals surface area contributed by atoms with Crippen molar-refractivity contribution in [1.82, 2.24) is 10.3 Å². The summed E-state index contributed by atoms with van der Waals surface area (Å²) in [6.45, 7) is 2.30. The zero-order chi connectivity index (χ0) is 9.59. The highest BCUT2D eigenvalue weighted by molar-refractivity contribution is 6.30. The molecule has 1 aliphatic heterocycles. The van der Waals surface area contributed by atoms with Crippen molar-refractivity contribution in [3.8, 4) is 0 Å². The van der Waals surface area contributed by atoms with Crippen molar-refractivity contribution in [2.75, 3.05) is 0 Å². The van der Waals surface area contributed by atoms with Crippen LogP contribution in [0.4, 0.5) is 0 Å². The molecule has 68 valence electrons. The van der Waals surface area contributed by atoms with Crippen molar-refractivity contribution < 1.29 is 9.36 Å². The van der Waals surface area contributed by atoms with Gasteiger partial charge in [-0.3, -0.25) is 4.79 Å². The number of amides is 1. The molecule has 0 aliphatic carbocycles. The Morgan fingerprint density at radius 2 is 2.31 bits per heavy atom. The predicted octanol–water partition coefficient (Wildman–Crippen LogP) is 0.111. The third-order valence-electron chi connectivity index (χ3n) is 2.26. The SMILES string of the molecule is Cc1nc(Cl)c2c([n+]1C)C(=O)NC2. The van der Waals surface area contributed by atoms with Gasteiger partial charge in [0.25, 0.3) is 16.9 Å². The van der Waals surface area contributed by atoms with Gasteiger partial charge in [0.1, 0.15) is 0 Å². The number of nitrogens with one attached hydrogen (secondary N) is 1. The van der Waals surface area contributed by atoms with E-state index in [4.69, 9.17) is 11.6 Å². The van der Waals surface area contributed by atoms with E-state index < -0.39 is 0 Å². The van der Waals surface area contributed by atoms with Crippen LogP contribution in [0.5, 0.6) is 0 Å². The Morgan fingerprint density at radius 3 is 3.00 bits per heavy atom. The molecular formula is C8H9ClN3O+. The second-order valence-corrected chi connectivity index (χ2v) is 3.38. The van der Waals surface area contributed by atoms with E-state index in [0.717, 1.165) is 11.4 Å². The van der Waals surface area contributed by atoms with Crippen LogP contribution in [-0.4, -0.2) is 10.9 Å². The second kappa shape index (κ2) is 2.67. The van der Waals surface area contributed by atoms with E-state index in [9.17, 15) is 4.79 Å². The lowest BCUT2D eigenvalue weighted by Gasteiger charge is -1.99. The molecule has 4 nitrogen and oxygen atoms in total. The van der Waals surface area contributed by atoms with Gasteiger partial charge >= 0.3 is 0 Å². The minimum atomic E-state index is -0.0788. The highest BCUT2D eigenvalue weighted by Crippen LogP contribution is 2.19. The fraction of sp³-hybridized carbons (Fsp3) is 0.375. The van der Waals surface area contributed by atoms with Crippen LogP contribution in [0.15, 0.2) is 0 Å². The van der Waals surface area contributed by atoms with E-state index in [0.29, 0.717) is 17.4 Å². The van der Waals surface area contributed by atoms with Gasteiger partial charge in [0, 0.05) is 6.92 Å². The molecule has 1 N–H and O–H groups in total. The third kappa shape index (κ3) is 1.09. The number of aryl methyl sites for hydroxylation is 1. The maximum absolute atomic E-state index is 11.4. The molecule has 0 saturated heterocycles. The molecule has 0 spiro atoms. The molecule has 1 amide bonds. The van der Waals surface area contributed by atoms with Gasteiger partial charge in [-0.05, 0) is 16.6 Å². The number of hydrogen-bond acceptors (Lipinski definition) is 2. The van der Waals surface area contributed by atoms with E-state index in [1.54, 1.807) is 4.57 Å². The number of carbonyl (C=O) groups is 1. The number of hydrogen-bond donors (Lipinski definition) is 1. The highest BCUT2D eigenvalue weighted by Gasteiger charge is 2.31. The van der Waals surface area contributed by atoms with E-state index in [1.807, 2.05) is 14.0 Å². The van der Waals surface area contributed by atoms with Gasteiger partial charge in [0.05, 0.1) is 19.2 Å². The molecule has 0 aromatic carbocycles. The standard InChI is InChI=1S/C8H8ClN3O/c1-4-11-7(9)5-3-10-8(13)6(5)12(4)2/h3H2,1-2H3/p+1. The summed E-state index contributed by atoms with van der Waals surface area (Å²) in [7, 11) is 1.81. The van der Waals surface area contributed by atoms with Gasteiger partial charge in [-0.2, -0.15) is 0 Å². The van der Waals surface area contributed by atoms with Crippen molar-refractivity contribution in [2.24, 2.45) is 7.05 Å². The summed E-state index contributed by atoms with van der Waals surface area (Å²) < 4.78 is 1.75. The van der Waals surface area contributed by atoms with Crippen molar-refractivity contribution in [1.29, 1.82) is 0 Å². The fourth-order valence-corrected chi connectivity index (χ4v) is 1.72. The van der Waals surface area contributed by atoms with Gasteiger partial charge in [-0.15, -0.1) is 0 Å². The molecule has 1 aliphatic rings. The molecule has 0 saturated carbocycles. The molecule has 0 unspecified atom stereocenters. The molecule has 0 atom stereocenters. The first-order valence-corrected chi connectivity index (χ1v) is 4.32. The Bertz CT molecular complexity index is 403. The number of aromatic nitrogens is 2. The molecule has 5 heteroatoms. The topological polar surface area (TPSA) is 45.9 Å². The van der Waals surface area contributed by atoms with Gasteiger partial charge in [-0.1, -0.05) is 0 Å². The minimum absolute atomic E-state index is 0.0788. The monoisotopic (exact) mass is 198 g/mol. The molecule has 13 heavy (non-hydrogen) atoms. The maximum atomic E-state index is 11.4. The predicted molar refractivity (Wildman–Crippen MR) is 46.3 cm³/mol. The Kier molecular flexibility index (Phi) is 1.73. The van der Waals surface area contributed by atoms with Crippen LogP contribution in [0.3, 0.4) is 0 Å². The molecule has 0 fully saturated rings. The van der Waals surface area contributed by atoms with E-state index in [-0.39, 0.29) is 5.91 Å². The first kappa shape index (κ1) is 8.44. The Labute approximate surface area is 80.5 Å². The fourth-order valence-electron chi connectivity index (χ4n) is 1.44. The number of rotatable bonds is 0. The molecule has 1 aromatic rings. The van der Waals surface area contributed by atoms with Crippen molar-refractivity contribution >= 4 is 17.5 Å². The van der Waals surface area contributed by atoms with E-state index >= 15 is 0 Å². The number of carbonyl (C=O) groups excluding carboxylic acids is 1. The van der Waals surface area contributed by atoms with Crippen molar-refractivity contribution in [3.63, 3.8) is 0 Å². The lowest BCUT2D eigenvalue weighted by molar-refractivity contribution is -0.682. The summed E-state index contributed by atoms with van der Waals surface area (Å²) in [5.41, 5.74) is 1.41. The zero-order valence-corrected chi connectivity index (χ0v) is 8.14. The van der Waals surface area contributed by atoms with Gasteiger partial charge in [0.2, 0.25) is 5.69 Å². The number of fused-ring (bicyclic) bond motifs is 1. The third-order valence-corrected chi connectivity index (χ3v) is 2.57. The Balaban J connectivity index is 2.77. The maximum Gasteiger partial charge on any atom is 0.297 e. The zero-order valence-electron chi connectivity index (χ0n) is 7.39. The summed E-state index contributed by atoms with van der Waals surface area (Å²) in [6.07, 6.45) is 0. The average molecular weight is 199 g/mol. The van der Waals surface area contributed by atoms with Gasteiger partial charge in [0.15, 0.2) is 0 Å². The summed E-state index contributed by atoms with van der Waals surface area (Å²) in [5.74, 6) is 0.658. The molecule has 0 radical (unpaired) electrons. The van der Waals surface area contributed by atoms with Crippen LogP contribution in [0, 0.1) is 6.92 Å². The average Bonchev–Trinajstić information content (AvgIpc) is 2.44. The summed E-state index contributed by atoms with van der Waals surface area (Å²) in [5, 5.41) is 3.13. The first-order chi connectivity index (χ1) is 6.11. The summed E-state index contributed by atoms with van der Waals surface area (Å²) >= 11 is 5.90. The Hall–Kier alpha value is -1.16. The molecule has 2 heterocycles. The minimum Gasteiger partial charge on any atom is -0.344 e. The first-order valence-electron chi connectivity index (χ1n) is 3.94. The molecular weight excluding hydrogens is 190 g/mol. The lowest BCUT2D eigenvalue weighted by Crippen LogP contribution is -2.41.